The van der Waals surface area contributed by atoms with Crippen LogP contribution in [-0.2, 0) is 4.79 Å². The smallest absolute Gasteiger partial charge is 0.273 e. The van der Waals surface area contributed by atoms with Gasteiger partial charge in [-0.15, -0.1) is 0 Å². The van der Waals surface area contributed by atoms with Gasteiger partial charge in [-0.05, 0) is 32.0 Å². The van der Waals surface area contributed by atoms with Gasteiger partial charge in [0.15, 0.2) is 0 Å². The molecule has 3 N–H and O–H groups in total. The second-order valence-electron chi connectivity index (χ2n) is 4.87. The Morgan fingerprint density at radius 1 is 1.17 bits per heavy atom. The normalized spacial score (nSPS) is 10.1. The summed E-state index contributed by atoms with van der Waals surface area (Å²) in [4.78, 5) is 39.2. The Labute approximate surface area is 142 Å². The Kier molecular flexibility index (Phi) is 5.54. The number of aromatic nitrogens is 1. The summed E-state index contributed by atoms with van der Waals surface area (Å²) in [6, 6.07) is 4.46. The zero-order valence-corrected chi connectivity index (χ0v) is 13.7. The molecular weight excluding hydrogens is 336 g/mol. The molecule has 9 heteroatoms. The highest BCUT2D eigenvalue weighted by atomic mass is 35.5. The molecule has 126 valence electrons. The number of carbonyl (C=O) groups excluding carboxylic acids is 3. The molecule has 24 heavy (non-hydrogen) atoms. The van der Waals surface area contributed by atoms with Gasteiger partial charge in [0.05, 0.1) is 12.1 Å². The number of hydrogen-bond acceptors (Lipinski definition) is 5. The third-order valence-corrected chi connectivity index (χ3v) is 3.20. The zero-order chi connectivity index (χ0) is 17.7. The van der Waals surface area contributed by atoms with Crippen molar-refractivity contribution in [2.45, 2.75) is 13.8 Å². The van der Waals surface area contributed by atoms with Gasteiger partial charge in [0.2, 0.25) is 0 Å². The first-order valence-electron chi connectivity index (χ1n) is 6.93. The van der Waals surface area contributed by atoms with E-state index in [1.807, 2.05) is 0 Å². The lowest BCUT2D eigenvalue weighted by molar-refractivity contribution is -0.120. The molecule has 0 saturated heterocycles. The van der Waals surface area contributed by atoms with Crippen LogP contribution >= 0.6 is 11.6 Å². The van der Waals surface area contributed by atoms with Gasteiger partial charge in [-0.2, -0.15) is 0 Å². The molecule has 0 atom stereocenters. The van der Waals surface area contributed by atoms with E-state index in [2.05, 4.69) is 21.2 Å². The first kappa shape index (κ1) is 17.5. The summed E-state index contributed by atoms with van der Waals surface area (Å²) in [5.41, 5.74) is 4.84. The molecule has 2 aromatic rings. The van der Waals surface area contributed by atoms with Gasteiger partial charge in [0.1, 0.15) is 17.2 Å². The van der Waals surface area contributed by atoms with E-state index >= 15 is 0 Å². The van der Waals surface area contributed by atoms with Gasteiger partial charge in [-0.1, -0.05) is 11.6 Å². The maximum absolute atomic E-state index is 11.9. The Hall–Kier alpha value is -2.87. The summed E-state index contributed by atoms with van der Waals surface area (Å²) < 4.78 is 5.23. The lowest BCUT2D eigenvalue weighted by Crippen LogP contribution is -2.46. The number of hydrogen-bond donors (Lipinski definition) is 3. The molecule has 8 nitrogen and oxygen atoms in total. The fourth-order valence-electron chi connectivity index (χ4n) is 1.87. The Morgan fingerprint density at radius 3 is 2.54 bits per heavy atom. The molecule has 0 radical (unpaired) electrons. The molecule has 0 aliphatic carbocycles. The largest absolute Gasteiger partial charge is 0.466 e. The number of furan rings is 1. The Bertz CT molecular complexity index is 788. The molecule has 0 aliphatic heterocycles. The van der Waals surface area contributed by atoms with Crippen LogP contribution in [0.5, 0.6) is 0 Å². The molecule has 0 spiro atoms. The SMILES string of the molecule is Cc1cc(C(=O)NNC(=O)CNC(=O)c2cc(Cl)ccn2)c(C)o1. The van der Waals surface area contributed by atoms with Crippen molar-refractivity contribution in [1.29, 1.82) is 0 Å². The van der Waals surface area contributed by atoms with Crippen LogP contribution in [-0.4, -0.2) is 29.3 Å². The van der Waals surface area contributed by atoms with E-state index in [9.17, 15) is 14.4 Å². The molecule has 0 saturated carbocycles. The number of pyridine rings is 1. The van der Waals surface area contributed by atoms with Crippen LogP contribution < -0.4 is 16.2 Å². The van der Waals surface area contributed by atoms with Crippen molar-refractivity contribution in [2.75, 3.05) is 6.54 Å². The van der Waals surface area contributed by atoms with Gasteiger partial charge >= 0.3 is 0 Å². The lowest BCUT2D eigenvalue weighted by Gasteiger charge is -2.08. The van der Waals surface area contributed by atoms with Crippen LogP contribution in [0.4, 0.5) is 0 Å². The average molecular weight is 351 g/mol. The van der Waals surface area contributed by atoms with Crippen molar-refractivity contribution >= 4 is 29.3 Å². The van der Waals surface area contributed by atoms with E-state index in [-0.39, 0.29) is 12.2 Å². The number of aryl methyl sites for hydroxylation is 2. The number of rotatable bonds is 4. The lowest BCUT2D eigenvalue weighted by atomic mass is 10.2. The van der Waals surface area contributed by atoms with Gasteiger partial charge in [0.25, 0.3) is 17.7 Å². The Balaban J connectivity index is 1.80. The topological polar surface area (TPSA) is 113 Å². The van der Waals surface area contributed by atoms with Gasteiger partial charge < -0.3 is 9.73 Å². The maximum Gasteiger partial charge on any atom is 0.273 e. The highest BCUT2D eigenvalue weighted by molar-refractivity contribution is 6.30. The number of hydrazine groups is 1. The molecular formula is C15H15ClN4O4. The summed E-state index contributed by atoms with van der Waals surface area (Å²) >= 11 is 5.75. The summed E-state index contributed by atoms with van der Waals surface area (Å²) in [6.45, 7) is 3.01. The van der Waals surface area contributed by atoms with Crippen molar-refractivity contribution in [3.8, 4) is 0 Å². The maximum atomic E-state index is 11.9. The summed E-state index contributed by atoms with van der Waals surface area (Å²) in [7, 11) is 0. The molecule has 2 aromatic heterocycles. The molecule has 0 aliphatic rings. The monoisotopic (exact) mass is 350 g/mol. The molecule has 2 rings (SSSR count). The second kappa shape index (κ2) is 7.60. The van der Waals surface area contributed by atoms with E-state index in [1.54, 1.807) is 19.9 Å². The van der Waals surface area contributed by atoms with Crippen LogP contribution in [0.25, 0.3) is 0 Å². The van der Waals surface area contributed by atoms with Crippen molar-refractivity contribution in [2.24, 2.45) is 0 Å². The van der Waals surface area contributed by atoms with E-state index < -0.39 is 17.7 Å². The second-order valence-corrected chi connectivity index (χ2v) is 5.31. The molecule has 0 bridgehead atoms. The molecule has 3 amide bonds. The third-order valence-electron chi connectivity index (χ3n) is 2.97. The first-order valence-corrected chi connectivity index (χ1v) is 7.30. The van der Waals surface area contributed by atoms with Gasteiger partial charge in [0, 0.05) is 11.2 Å². The third kappa shape index (κ3) is 4.56. The Morgan fingerprint density at radius 2 is 1.92 bits per heavy atom. The van der Waals surface area contributed by atoms with Gasteiger partial charge in [-0.3, -0.25) is 30.2 Å². The van der Waals surface area contributed by atoms with Gasteiger partial charge in [-0.25, -0.2) is 0 Å². The van der Waals surface area contributed by atoms with Crippen molar-refractivity contribution in [3.63, 3.8) is 0 Å². The minimum absolute atomic E-state index is 0.0869. The molecule has 0 aromatic carbocycles. The highest BCUT2D eigenvalue weighted by Gasteiger charge is 2.14. The number of carbonyl (C=O) groups is 3. The minimum atomic E-state index is -0.600. The van der Waals surface area contributed by atoms with E-state index in [4.69, 9.17) is 16.0 Å². The minimum Gasteiger partial charge on any atom is -0.466 e. The predicted octanol–water partition coefficient (Wildman–Crippen LogP) is 1.14. The van der Waals surface area contributed by atoms with E-state index in [1.165, 1.54) is 18.3 Å². The van der Waals surface area contributed by atoms with Crippen LogP contribution in [0.3, 0.4) is 0 Å². The van der Waals surface area contributed by atoms with Crippen LogP contribution in [0, 0.1) is 13.8 Å². The first-order chi connectivity index (χ1) is 11.4. The van der Waals surface area contributed by atoms with Crippen molar-refractivity contribution < 1.29 is 18.8 Å². The van der Waals surface area contributed by atoms with Crippen LogP contribution in [0.1, 0.15) is 32.4 Å². The van der Waals surface area contributed by atoms with E-state index in [0.717, 1.165) is 0 Å². The number of nitrogens with one attached hydrogen (secondary N) is 3. The quantitative estimate of drug-likeness (QED) is 0.715. The number of halogens is 1. The average Bonchev–Trinajstić information content (AvgIpc) is 2.88. The molecule has 0 unspecified atom stereocenters. The molecule has 0 fully saturated rings. The van der Waals surface area contributed by atoms with E-state index in [0.29, 0.717) is 22.1 Å². The summed E-state index contributed by atoms with van der Waals surface area (Å²) in [5, 5.41) is 2.72. The number of nitrogens with zero attached hydrogens (tertiary/aromatic N) is 1. The van der Waals surface area contributed by atoms with Crippen molar-refractivity contribution in [3.05, 3.63) is 52.2 Å². The summed E-state index contributed by atoms with van der Waals surface area (Å²) in [6.07, 6.45) is 1.38. The zero-order valence-electron chi connectivity index (χ0n) is 13.0. The number of amides is 3. The standard InChI is InChI=1S/C15H15ClN4O4/c1-8-5-11(9(2)24-8)14(22)20-19-13(21)7-18-15(23)12-6-10(16)3-4-17-12/h3-6H,7H2,1-2H3,(H,18,23)(H,19,21)(H,20,22). The highest BCUT2D eigenvalue weighted by Crippen LogP contribution is 2.12. The van der Waals surface area contributed by atoms with Crippen LogP contribution in [0.2, 0.25) is 5.02 Å². The van der Waals surface area contributed by atoms with Crippen LogP contribution in [0.15, 0.2) is 28.8 Å². The summed E-state index contributed by atoms with van der Waals surface area (Å²) in [5.74, 6) is -0.637. The van der Waals surface area contributed by atoms with Crippen molar-refractivity contribution in [1.82, 2.24) is 21.2 Å². The fraction of sp³-hybridized carbons (Fsp3) is 0.200. The predicted molar refractivity (Wildman–Crippen MR) is 85.4 cm³/mol. The molecule has 2 heterocycles. The fourth-order valence-corrected chi connectivity index (χ4v) is 2.03.